The van der Waals surface area contributed by atoms with Crippen molar-refractivity contribution in [1.82, 2.24) is 0 Å². The number of rotatable bonds is 3. The summed E-state index contributed by atoms with van der Waals surface area (Å²) < 4.78 is 22.6. The lowest BCUT2D eigenvalue weighted by Gasteiger charge is -2.11. The molecule has 0 amide bonds. The van der Waals surface area contributed by atoms with Crippen LogP contribution >= 0.6 is 10.7 Å². The van der Waals surface area contributed by atoms with E-state index in [9.17, 15) is 8.42 Å². The van der Waals surface area contributed by atoms with E-state index in [2.05, 4.69) is 0 Å². The van der Waals surface area contributed by atoms with Gasteiger partial charge in [0.2, 0.25) is 0 Å². The fraction of sp³-hybridized carbons (Fsp3) is 0.300. The summed E-state index contributed by atoms with van der Waals surface area (Å²) in [6.45, 7) is 1.91. The second-order valence-electron chi connectivity index (χ2n) is 3.18. The second-order valence-corrected chi connectivity index (χ2v) is 5.71. The SMILES string of the molecule is CCc1c(S(=O)(=O)Cl)ccc(C#N)c1CN. The summed E-state index contributed by atoms with van der Waals surface area (Å²) in [7, 11) is 1.52. The van der Waals surface area contributed by atoms with E-state index >= 15 is 0 Å². The van der Waals surface area contributed by atoms with Crippen molar-refractivity contribution in [1.29, 1.82) is 5.26 Å². The number of nitrogens with two attached hydrogens (primary N) is 1. The molecule has 0 spiro atoms. The summed E-state index contributed by atoms with van der Waals surface area (Å²) in [5, 5.41) is 8.88. The van der Waals surface area contributed by atoms with Gasteiger partial charge >= 0.3 is 0 Å². The highest BCUT2D eigenvalue weighted by atomic mass is 35.7. The predicted octanol–water partition coefficient (Wildman–Crippen LogP) is 1.51. The van der Waals surface area contributed by atoms with E-state index in [1.165, 1.54) is 12.1 Å². The zero-order valence-electron chi connectivity index (χ0n) is 8.70. The molecule has 4 nitrogen and oxygen atoms in total. The third-order valence-corrected chi connectivity index (χ3v) is 3.74. The van der Waals surface area contributed by atoms with Gasteiger partial charge < -0.3 is 5.73 Å². The van der Waals surface area contributed by atoms with E-state index in [-0.39, 0.29) is 11.4 Å². The molecule has 86 valence electrons. The Kier molecular flexibility index (Phi) is 3.92. The summed E-state index contributed by atoms with van der Waals surface area (Å²) in [6, 6.07) is 4.76. The van der Waals surface area contributed by atoms with Crippen molar-refractivity contribution in [2.24, 2.45) is 5.73 Å². The molecule has 0 unspecified atom stereocenters. The highest BCUT2D eigenvalue weighted by molar-refractivity contribution is 8.13. The molecule has 0 heterocycles. The highest BCUT2D eigenvalue weighted by Crippen LogP contribution is 2.26. The molecule has 0 atom stereocenters. The second kappa shape index (κ2) is 4.83. The maximum absolute atomic E-state index is 11.3. The molecule has 0 fully saturated rings. The van der Waals surface area contributed by atoms with Crippen LogP contribution in [0.15, 0.2) is 17.0 Å². The van der Waals surface area contributed by atoms with Crippen LogP contribution in [0, 0.1) is 11.3 Å². The molecule has 1 rings (SSSR count). The molecule has 1 aromatic carbocycles. The molecule has 0 radical (unpaired) electrons. The molecular formula is C10H11ClN2O2S. The molecule has 1 aromatic rings. The van der Waals surface area contributed by atoms with Crippen LogP contribution in [0.25, 0.3) is 0 Å². The number of hydrogen-bond donors (Lipinski definition) is 1. The average molecular weight is 259 g/mol. The first-order valence-electron chi connectivity index (χ1n) is 4.65. The van der Waals surface area contributed by atoms with Gasteiger partial charge in [-0.05, 0) is 29.7 Å². The fourth-order valence-electron chi connectivity index (χ4n) is 1.63. The predicted molar refractivity (Wildman–Crippen MR) is 61.5 cm³/mol. The lowest BCUT2D eigenvalue weighted by atomic mass is 10.00. The van der Waals surface area contributed by atoms with E-state index in [1.807, 2.05) is 6.07 Å². The zero-order chi connectivity index (χ0) is 12.3. The Morgan fingerprint density at radius 1 is 1.44 bits per heavy atom. The van der Waals surface area contributed by atoms with E-state index in [1.54, 1.807) is 6.92 Å². The van der Waals surface area contributed by atoms with E-state index in [0.717, 1.165) is 0 Å². The van der Waals surface area contributed by atoms with Gasteiger partial charge in [-0.3, -0.25) is 0 Å². The van der Waals surface area contributed by atoms with Crippen molar-refractivity contribution >= 4 is 19.7 Å². The summed E-state index contributed by atoms with van der Waals surface area (Å²) in [6.07, 6.45) is 0.462. The first kappa shape index (κ1) is 13.0. The zero-order valence-corrected chi connectivity index (χ0v) is 10.3. The normalized spacial score (nSPS) is 11.1. The molecule has 0 aliphatic carbocycles. The Morgan fingerprint density at radius 3 is 2.44 bits per heavy atom. The van der Waals surface area contributed by atoms with Gasteiger partial charge in [0.05, 0.1) is 16.5 Å². The number of benzene rings is 1. The van der Waals surface area contributed by atoms with Crippen molar-refractivity contribution in [3.05, 3.63) is 28.8 Å². The lowest BCUT2D eigenvalue weighted by Crippen LogP contribution is -2.08. The summed E-state index contributed by atoms with van der Waals surface area (Å²) in [5.41, 5.74) is 6.99. The van der Waals surface area contributed by atoms with E-state index < -0.39 is 9.05 Å². The Labute approximate surface area is 99.1 Å². The van der Waals surface area contributed by atoms with Gasteiger partial charge in [-0.15, -0.1) is 0 Å². The van der Waals surface area contributed by atoms with Crippen LogP contribution in [0.4, 0.5) is 0 Å². The van der Waals surface area contributed by atoms with Crippen LogP contribution in [-0.4, -0.2) is 8.42 Å². The third-order valence-electron chi connectivity index (χ3n) is 2.33. The van der Waals surface area contributed by atoms with Crippen LogP contribution < -0.4 is 5.73 Å². The topological polar surface area (TPSA) is 84.0 Å². The van der Waals surface area contributed by atoms with E-state index in [0.29, 0.717) is 23.1 Å². The number of halogens is 1. The Hall–Kier alpha value is -1.09. The van der Waals surface area contributed by atoms with Gasteiger partial charge in [0, 0.05) is 17.2 Å². The van der Waals surface area contributed by atoms with Crippen molar-refractivity contribution in [2.45, 2.75) is 24.8 Å². The summed E-state index contributed by atoms with van der Waals surface area (Å²) in [4.78, 5) is 0.0381. The fourth-order valence-corrected chi connectivity index (χ4v) is 2.85. The van der Waals surface area contributed by atoms with Crippen LogP contribution in [-0.2, 0) is 22.0 Å². The van der Waals surface area contributed by atoms with Crippen LogP contribution in [0.1, 0.15) is 23.6 Å². The maximum Gasteiger partial charge on any atom is 0.261 e. The molecule has 16 heavy (non-hydrogen) atoms. The highest BCUT2D eigenvalue weighted by Gasteiger charge is 2.19. The minimum Gasteiger partial charge on any atom is -0.326 e. The minimum atomic E-state index is -3.80. The molecule has 0 aliphatic rings. The number of nitrogens with zero attached hydrogens (tertiary/aromatic N) is 1. The van der Waals surface area contributed by atoms with Crippen molar-refractivity contribution < 1.29 is 8.42 Å². The molecule has 0 bridgehead atoms. The minimum absolute atomic E-state index is 0.0381. The Balaban J connectivity index is 3.64. The standard InChI is InChI=1S/C10H11ClN2O2S/c1-2-8-9(6-13)7(5-12)3-4-10(8)16(11,14)15/h3-4H,2,6,13H2,1H3. The van der Waals surface area contributed by atoms with Gasteiger partial charge in [0.15, 0.2) is 0 Å². The number of nitriles is 1. The summed E-state index contributed by atoms with van der Waals surface area (Å²) in [5.74, 6) is 0. The first-order chi connectivity index (χ1) is 7.45. The molecular weight excluding hydrogens is 248 g/mol. The van der Waals surface area contributed by atoms with Gasteiger partial charge in [-0.25, -0.2) is 8.42 Å². The van der Waals surface area contributed by atoms with Crippen molar-refractivity contribution in [3.63, 3.8) is 0 Å². The molecule has 0 aromatic heterocycles. The quantitative estimate of drug-likeness (QED) is 0.833. The third kappa shape index (κ3) is 2.35. The van der Waals surface area contributed by atoms with Crippen LogP contribution in [0.5, 0.6) is 0 Å². The van der Waals surface area contributed by atoms with Gasteiger partial charge in [-0.1, -0.05) is 6.92 Å². The monoisotopic (exact) mass is 258 g/mol. The van der Waals surface area contributed by atoms with Crippen LogP contribution in [0.3, 0.4) is 0 Å². The Morgan fingerprint density at radius 2 is 2.06 bits per heavy atom. The molecule has 0 saturated carbocycles. The Bertz CT molecular complexity index is 547. The van der Waals surface area contributed by atoms with E-state index in [4.69, 9.17) is 21.7 Å². The van der Waals surface area contributed by atoms with Gasteiger partial charge in [0.25, 0.3) is 9.05 Å². The maximum atomic E-state index is 11.3. The first-order valence-corrected chi connectivity index (χ1v) is 6.96. The molecule has 0 saturated heterocycles. The van der Waals surface area contributed by atoms with Gasteiger partial charge in [-0.2, -0.15) is 5.26 Å². The van der Waals surface area contributed by atoms with Crippen molar-refractivity contribution in [3.8, 4) is 6.07 Å². The largest absolute Gasteiger partial charge is 0.326 e. The molecule has 2 N–H and O–H groups in total. The average Bonchev–Trinajstić information content (AvgIpc) is 2.25. The number of hydrogen-bond acceptors (Lipinski definition) is 4. The van der Waals surface area contributed by atoms with Crippen LogP contribution in [0.2, 0.25) is 0 Å². The lowest BCUT2D eigenvalue weighted by molar-refractivity contribution is 0.608. The molecule has 6 heteroatoms. The van der Waals surface area contributed by atoms with Gasteiger partial charge in [0.1, 0.15) is 0 Å². The van der Waals surface area contributed by atoms with Crippen molar-refractivity contribution in [2.75, 3.05) is 0 Å². The molecule has 0 aliphatic heterocycles. The summed E-state index contributed by atoms with van der Waals surface area (Å²) >= 11 is 0. The smallest absolute Gasteiger partial charge is 0.261 e.